The van der Waals surface area contributed by atoms with E-state index in [0.29, 0.717) is 11.4 Å². The van der Waals surface area contributed by atoms with E-state index in [9.17, 15) is 12.8 Å². The standard InChI is InChI=1S/C23H31FN4O2S.HI/c1-3-25-23(26-14-13-18-9-11-22(12-10-18)31(2,29)30)27-20-7-5-15-28(17-20)21-8-4-6-19(24)16-21;/h4,6,8-12,16,20H,3,5,7,13-15,17H2,1-2H3,(H2,25,26,27);1H. The largest absolute Gasteiger partial charge is 0.369 e. The van der Waals surface area contributed by atoms with Gasteiger partial charge in [-0.05, 0) is 62.1 Å². The number of rotatable bonds is 7. The van der Waals surface area contributed by atoms with E-state index in [1.54, 1.807) is 24.3 Å². The Balaban J connectivity index is 0.00000363. The summed E-state index contributed by atoms with van der Waals surface area (Å²) in [5.41, 5.74) is 1.95. The number of guanidine groups is 1. The van der Waals surface area contributed by atoms with Crippen LogP contribution in [0.3, 0.4) is 0 Å². The molecule has 9 heteroatoms. The van der Waals surface area contributed by atoms with Crippen LogP contribution in [0.25, 0.3) is 0 Å². The first-order valence-electron chi connectivity index (χ1n) is 10.7. The highest BCUT2D eigenvalue weighted by Crippen LogP contribution is 2.20. The molecule has 1 heterocycles. The summed E-state index contributed by atoms with van der Waals surface area (Å²) in [5.74, 6) is 0.549. The van der Waals surface area contributed by atoms with Gasteiger partial charge in [-0.1, -0.05) is 18.2 Å². The number of halogens is 2. The first-order valence-corrected chi connectivity index (χ1v) is 12.6. The third-order valence-corrected chi connectivity index (χ3v) is 6.43. The summed E-state index contributed by atoms with van der Waals surface area (Å²) in [5, 5.41) is 6.80. The Labute approximate surface area is 207 Å². The molecule has 0 amide bonds. The van der Waals surface area contributed by atoms with Crippen molar-refractivity contribution in [2.75, 3.05) is 37.3 Å². The molecular weight excluding hydrogens is 542 g/mol. The molecule has 0 aliphatic carbocycles. The molecular formula is C23H32FIN4O2S. The maximum atomic E-state index is 13.6. The van der Waals surface area contributed by atoms with Crippen LogP contribution >= 0.6 is 24.0 Å². The van der Waals surface area contributed by atoms with Crippen molar-refractivity contribution in [1.29, 1.82) is 0 Å². The van der Waals surface area contributed by atoms with Crippen molar-refractivity contribution < 1.29 is 12.8 Å². The highest BCUT2D eigenvalue weighted by atomic mass is 127. The molecule has 0 spiro atoms. The van der Waals surface area contributed by atoms with Crippen LogP contribution in [0.1, 0.15) is 25.3 Å². The molecule has 0 aromatic heterocycles. The third kappa shape index (κ3) is 7.91. The number of hydrogen-bond acceptors (Lipinski definition) is 4. The van der Waals surface area contributed by atoms with Crippen molar-refractivity contribution in [1.82, 2.24) is 10.6 Å². The maximum absolute atomic E-state index is 13.6. The van der Waals surface area contributed by atoms with Gasteiger partial charge in [0.1, 0.15) is 5.82 Å². The Kier molecular flexibility index (Phi) is 10.2. The molecule has 1 aliphatic rings. The number of piperidine rings is 1. The molecule has 2 aromatic rings. The quantitative estimate of drug-likeness (QED) is 0.301. The summed E-state index contributed by atoms with van der Waals surface area (Å²) in [4.78, 5) is 7.22. The number of aliphatic imine (C=N–C) groups is 1. The van der Waals surface area contributed by atoms with Crippen molar-refractivity contribution in [2.45, 2.75) is 37.1 Å². The molecule has 1 aliphatic heterocycles. The summed E-state index contributed by atoms with van der Waals surface area (Å²) in [6, 6.07) is 13.9. The number of nitrogens with one attached hydrogen (secondary N) is 2. The van der Waals surface area contributed by atoms with Gasteiger partial charge in [0, 0.05) is 44.2 Å². The Bertz CT molecular complexity index is 999. The molecule has 3 rings (SSSR count). The lowest BCUT2D eigenvalue weighted by Gasteiger charge is -2.35. The molecule has 32 heavy (non-hydrogen) atoms. The number of anilines is 1. The first-order chi connectivity index (χ1) is 14.8. The van der Waals surface area contributed by atoms with E-state index in [2.05, 4.69) is 20.5 Å². The Morgan fingerprint density at radius 2 is 1.97 bits per heavy atom. The van der Waals surface area contributed by atoms with Gasteiger partial charge in [0.05, 0.1) is 4.90 Å². The maximum Gasteiger partial charge on any atom is 0.191 e. The highest BCUT2D eigenvalue weighted by molar-refractivity contribution is 14.0. The van der Waals surface area contributed by atoms with Crippen LogP contribution in [0.4, 0.5) is 10.1 Å². The molecule has 1 fully saturated rings. The number of benzene rings is 2. The molecule has 1 unspecified atom stereocenters. The second kappa shape index (κ2) is 12.4. The zero-order valence-electron chi connectivity index (χ0n) is 18.6. The lowest BCUT2D eigenvalue weighted by molar-refractivity contribution is 0.467. The molecule has 1 atom stereocenters. The van der Waals surface area contributed by atoms with E-state index >= 15 is 0 Å². The third-order valence-electron chi connectivity index (χ3n) is 5.30. The fraction of sp³-hybridized carbons (Fsp3) is 0.435. The average molecular weight is 575 g/mol. The molecule has 0 radical (unpaired) electrons. The second-order valence-corrected chi connectivity index (χ2v) is 9.85. The summed E-state index contributed by atoms with van der Waals surface area (Å²) in [6.07, 6.45) is 3.99. The smallest absolute Gasteiger partial charge is 0.191 e. The molecule has 0 bridgehead atoms. The molecule has 176 valence electrons. The van der Waals surface area contributed by atoms with Crippen LogP contribution in [0.15, 0.2) is 58.4 Å². The van der Waals surface area contributed by atoms with E-state index in [0.717, 1.165) is 56.1 Å². The van der Waals surface area contributed by atoms with Gasteiger partial charge in [-0.2, -0.15) is 0 Å². The summed E-state index contributed by atoms with van der Waals surface area (Å²) >= 11 is 0. The van der Waals surface area contributed by atoms with Gasteiger partial charge in [-0.25, -0.2) is 12.8 Å². The molecule has 2 aromatic carbocycles. The van der Waals surface area contributed by atoms with Crippen molar-refractivity contribution in [3.8, 4) is 0 Å². The van der Waals surface area contributed by atoms with Gasteiger partial charge in [0.25, 0.3) is 0 Å². The topological polar surface area (TPSA) is 73.8 Å². The van der Waals surface area contributed by atoms with E-state index < -0.39 is 9.84 Å². The Morgan fingerprint density at radius 1 is 1.22 bits per heavy atom. The van der Waals surface area contributed by atoms with Crippen LogP contribution in [0.5, 0.6) is 0 Å². The zero-order valence-corrected chi connectivity index (χ0v) is 21.7. The SMILES string of the molecule is CCNC(=NCCc1ccc(S(C)(=O)=O)cc1)NC1CCCN(c2cccc(F)c2)C1.I. The van der Waals surface area contributed by atoms with Gasteiger partial charge in [0.15, 0.2) is 15.8 Å². The normalized spacial score (nSPS) is 16.9. The van der Waals surface area contributed by atoms with E-state index in [1.807, 2.05) is 25.1 Å². The van der Waals surface area contributed by atoms with Gasteiger partial charge in [-0.15, -0.1) is 24.0 Å². The van der Waals surface area contributed by atoms with Crippen LogP contribution in [0.2, 0.25) is 0 Å². The molecule has 0 saturated carbocycles. The van der Waals surface area contributed by atoms with Gasteiger partial charge in [0.2, 0.25) is 0 Å². The van der Waals surface area contributed by atoms with Crippen LogP contribution < -0.4 is 15.5 Å². The Hall–Kier alpha value is -1.88. The predicted octanol–water partition coefficient (Wildman–Crippen LogP) is 3.61. The summed E-state index contributed by atoms with van der Waals surface area (Å²) in [7, 11) is -3.18. The van der Waals surface area contributed by atoms with Gasteiger partial charge in [-0.3, -0.25) is 4.99 Å². The average Bonchev–Trinajstić information content (AvgIpc) is 2.74. The van der Waals surface area contributed by atoms with E-state index in [1.165, 1.54) is 12.3 Å². The highest BCUT2D eigenvalue weighted by Gasteiger charge is 2.21. The second-order valence-electron chi connectivity index (χ2n) is 7.84. The van der Waals surface area contributed by atoms with Crippen LogP contribution in [-0.4, -0.2) is 52.9 Å². The molecule has 2 N–H and O–H groups in total. The monoisotopic (exact) mass is 574 g/mol. The number of nitrogens with zero attached hydrogens (tertiary/aromatic N) is 2. The van der Waals surface area contributed by atoms with Crippen molar-refractivity contribution in [2.24, 2.45) is 4.99 Å². The zero-order chi connectivity index (χ0) is 22.3. The first kappa shape index (κ1) is 26.4. The van der Waals surface area contributed by atoms with E-state index in [-0.39, 0.29) is 35.8 Å². The minimum Gasteiger partial charge on any atom is -0.369 e. The summed E-state index contributed by atoms with van der Waals surface area (Å²) in [6.45, 7) is 5.09. The number of sulfone groups is 1. The van der Waals surface area contributed by atoms with Crippen LogP contribution in [-0.2, 0) is 16.3 Å². The van der Waals surface area contributed by atoms with Crippen molar-refractivity contribution in [3.63, 3.8) is 0 Å². The molecule has 1 saturated heterocycles. The Morgan fingerprint density at radius 3 is 2.62 bits per heavy atom. The lowest BCUT2D eigenvalue weighted by atomic mass is 10.0. The van der Waals surface area contributed by atoms with Gasteiger partial charge < -0.3 is 15.5 Å². The van der Waals surface area contributed by atoms with E-state index in [4.69, 9.17) is 0 Å². The van der Waals surface area contributed by atoms with Crippen molar-refractivity contribution in [3.05, 3.63) is 59.9 Å². The predicted molar refractivity (Wildman–Crippen MR) is 139 cm³/mol. The van der Waals surface area contributed by atoms with Gasteiger partial charge >= 0.3 is 0 Å². The fourth-order valence-corrected chi connectivity index (χ4v) is 4.35. The fourth-order valence-electron chi connectivity index (χ4n) is 3.72. The summed E-state index contributed by atoms with van der Waals surface area (Å²) < 4.78 is 36.7. The number of hydrogen-bond donors (Lipinski definition) is 2. The van der Waals surface area contributed by atoms with Crippen molar-refractivity contribution >= 4 is 45.5 Å². The minimum absolute atomic E-state index is 0. The molecule has 6 nitrogen and oxygen atoms in total. The minimum atomic E-state index is -3.18. The lowest BCUT2D eigenvalue weighted by Crippen LogP contribution is -2.51. The van der Waals surface area contributed by atoms with Crippen LogP contribution in [0, 0.1) is 5.82 Å².